The second kappa shape index (κ2) is 31.6. The number of nitrogens with one attached hydrogen (secondary N) is 4. The van der Waals surface area contributed by atoms with E-state index in [1.54, 1.807) is 39.0 Å². The van der Waals surface area contributed by atoms with Crippen molar-refractivity contribution in [1.82, 2.24) is 15.6 Å². The number of nitrogens with zero attached hydrogens (tertiary/aromatic N) is 1. The number of carbonyl (C=O) groups is 7. The van der Waals surface area contributed by atoms with Gasteiger partial charge in [-0.3, -0.25) is 14.4 Å². The van der Waals surface area contributed by atoms with Crippen molar-refractivity contribution < 1.29 is 57.6 Å². The number of amides is 3. The summed E-state index contributed by atoms with van der Waals surface area (Å²) in [4.78, 5) is 106. The number of aromatic carboxylic acids is 1. The van der Waals surface area contributed by atoms with Crippen LogP contribution in [0, 0.1) is 68.5 Å². The molecule has 0 radical (unpaired) electrons. The first-order valence-corrected chi connectivity index (χ1v) is 35.1. The van der Waals surface area contributed by atoms with Crippen molar-refractivity contribution >= 4 is 83.0 Å². The van der Waals surface area contributed by atoms with Gasteiger partial charge >= 0.3 is 30.0 Å². The van der Waals surface area contributed by atoms with E-state index in [0.29, 0.717) is 53.0 Å². The van der Waals surface area contributed by atoms with Crippen molar-refractivity contribution in [3.63, 3.8) is 0 Å². The first-order valence-electron chi connectivity index (χ1n) is 33.1. The Balaban J connectivity index is 1.60. The molecule has 1 aromatic carbocycles. The Morgan fingerprint density at radius 2 is 1.25 bits per heavy atom. The molecule has 5 atom stereocenters. The largest absolute Gasteiger partial charge is 0.478 e. The number of aliphatic imine (C=N–C) groups is 1. The summed E-state index contributed by atoms with van der Waals surface area (Å²) < 4.78 is 24.6. The van der Waals surface area contributed by atoms with Gasteiger partial charge in [0.25, 0.3) is 0 Å². The molecule has 1 aliphatic heterocycles. The molecule has 0 spiro atoms. The van der Waals surface area contributed by atoms with Gasteiger partial charge in [-0.05, 0) is 146 Å². The van der Waals surface area contributed by atoms with E-state index in [9.17, 15) is 29.1 Å². The monoisotopic (exact) mass is 1300 g/mol. The van der Waals surface area contributed by atoms with Crippen molar-refractivity contribution in [2.75, 3.05) is 36.6 Å². The van der Waals surface area contributed by atoms with Gasteiger partial charge in [0.15, 0.2) is 0 Å². The Hall–Kier alpha value is -5.56. The number of thioether (sulfide) groups is 2. The van der Waals surface area contributed by atoms with Crippen LogP contribution < -0.4 is 16.0 Å². The molecule has 1 aromatic heterocycles. The molecule has 91 heavy (non-hydrogen) atoms. The number of anilines is 1. The van der Waals surface area contributed by atoms with E-state index in [2.05, 4.69) is 118 Å². The second-order valence-corrected chi connectivity index (χ2v) is 34.0. The summed E-state index contributed by atoms with van der Waals surface area (Å²) in [6.07, 6.45) is 4.82. The summed E-state index contributed by atoms with van der Waals surface area (Å²) in [6.45, 7) is 46.0. The van der Waals surface area contributed by atoms with Gasteiger partial charge in [0, 0.05) is 46.4 Å². The number of esters is 3. The van der Waals surface area contributed by atoms with Crippen LogP contribution in [-0.4, -0.2) is 106 Å². The third-order valence-electron chi connectivity index (χ3n) is 18.6. The van der Waals surface area contributed by atoms with Crippen LogP contribution >= 0.6 is 23.5 Å². The van der Waals surface area contributed by atoms with E-state index in [1.165, 1.54) is 29.6 Å². The molecule has 3 aliphatic rings. The fourth-order valence-electron chi connectivity index (χ4n) is 13.0. The molecule has 5 unspecified atom stereocenters. The second-order valence-electron chi connectivity index (χ2n) is 31.3. The minimum atomic E-state index is -1.02. The average molecular weight is 1300 g/mol. The van der Waals surface area contributed by atoms with Crippen LogP contribution in [0.2, 0.25) is 0 Å². The number of ether oxygens (including phenoxy) is 4. The fourth-order valence-corrected chi connectivity index (χ4v) is 14.6. The van der Waals surface area contributed by atoms with Gasteiger partial charge in [-0.2, -0.15) is 0 Å². The molecule has 3 amide bonds. The summed E-state index contributed by atoms with van der Waals surface area (Å²) in [5.41, 5.74) is 0.904. The smallest absolute Gasteiger partial charge is 0.407 e. The third-order valence-corrected chi connectivity index (χ3v) is 20.8. The Morgan fingerprint density at radius 3 is 1.75 bits per heavy atom. The highest BCUT2D eigenvalue weighted by Crippen LogP contribution is 2.52. The van der Waals surface area contributed by atoms with E-state index in [4.69, 9.17) is 23.9 Å². The van der Waals surface area contributed by atoms with Gasteiger partial charge in [-0.25, -0.2) is 24.2 Å². The van der Waals surface area contributed by atoms with Gasteiger partial charge in [0.1, 0.15) is 48.2 Å². The fraction of sp³-hybridized carbons (Fsp3) is 0.694. The van der Waals surface area contributed by atoms with Gasteiger partial charge in [0.05, 0.1) is 28.5 Å². The van der Waals surface area contributed by atoms with E-state index in [-0.39, 0.29) is 129 Å². The molecule has 0 bridgehead atoms. The number of H-pyrrole nitrogens is 1. The number of amidine groups is 1. The number of hydrogen-bond acceptors (Lipinski definition) is 14. The van der Waals surface area contributed by atoms with Crippen molar-refractivity contribution in [2.45, 2.75) is 226 Å². The first-order chi connectivity index (χ1) is 42.1. The number of alkyl carbamates (subject to hydrolysis) is 1. The maximum Gasteiger partial charge on any atom is 0.407 e. The minimum Gasteiger partial charge on any atom is -0.478 e. The molecule has 0 saturated heterocycles. The van der Waals surface area contributed by atoms with Crippen LogP contribution in [-0.2, 0) is 38.1 Å². The quantitative estimate of drug-likeness (QED) is 0.0284. The lowest BCUT2D eigenvalue weighted by Crippen LogP contribution is -2.50. The predicted molar refractivity (Wildman–Crippen MR) is 366 cm³/mol. The summed E-state index contributed by atoms with van der Waals surface area (Å²) >= 11 is 2.70. The number of carboxylic acid groups (broad SMARTS) is 1. The number of carboxylic acids is 1. The number of benzene rings is 1. The number of rotatable bonds is 24. The topological polar surface area (TPSA) is 241 Å². The van der Waals surface area contributed by atoms with Crippen LogP contribution in [0.1, 0.15) is 235 Å². The van der Waals surface area contributed by atoms with E-state index < -0.39 is 52.8 Å². The Labute approximate surface area is 552 Å². The van der Waals surface area contributed by atoms with Gasteiger partial charge in [-0.15, -0.1) is 23.5 Å². The van der Waals surface area contributed by atoms with Crippen molar-refractivity contribution in [3.05, 3.63) is 63.5 Å². The normalized spacial score (nSPS) is 22.5. The molecular formula is C72H111N5O12S2. The Morgan fingerprint density at radius 1 is 0.714 bits per heavy atom. The molecule has 5 rings (SSSR count). The van der Waals surface area contributed by atoms with Crippen molar-refractivity contribution in [1.29, 1.82) is 0 Å². The predicted octanol–water partition coefficient (Wildman–Crippen LogP) is 15.9. The van der Waals surface area contributed by atoms with E-state index in [0.717, 1.165) is 30.6 Å². The molecule has 17 nitrogen and oxygen atoms in total. The zero-order valence-corrected chi connectivity index (χ0v) is 60.6. The van der Waals surface area contributed by atoms with Crippen molar-refractivity contribution in [3.8, 4) is 0 Å². The molecule has 2 heterocycles. The highest BCUT2D eigenvalue weighted by molar-refractivity contribution is 8.00. The molecule has 19 heteroatoms. The average Bonchev–Trinajstić information content (AvgIpc) is 1.76. The zero-order valence-electron chi connectivity index (χ0n) is 58.9. The summed E-state index contributed by atoms with van der Waals surface area (Å²) in [7, 11) is 0. The van der Waals surface area contributed by atoms with Crippen molar-refractivity contribution in [2.24, 2.45) is 73.5 Å². The zero-order chi connectivity index (χ0) is 68.5. The van der Waals surface area contributed by atoms with Gasteiger partial charge in [-0.1, -0.05) is 138 Å². The summed E-state index contributed by atoms with van der Waals surface area (Å²) in [6, 6.07) is 6.68. The summed E-state index contributed by atoms with van der Waals surface area (Å²) in [5, 5.41) is 17.6. The number of allylic oxidation sites excluding steroid dienone is 1. The van der Waals surface area contributed by atoms with E-state index in [1.807, 2.05) is 40.7 Å². The lowest BCUT2D eigenvalue weighted by molar-refractivity contribution is -0.164. The number of carbonyl (C=O) groups excluding carboxylic acids is 6. The molecule has 2 saturated carbocycles. The maximum absolute atomic E-state index is 15.6. The van der Waals surface area contributed by atoms with Crippen LogP contribution in [0.5, 0.6) is 0 Å². The van der Waals surface area contributed by atoms with Crippen LogP contribution in [0.4, 0.5) is 10.6 Å². The molecule has 2 aliphatic carbocycles. The molecule has 2 fully saturated rings. The molecule has 5 N–H and O–H groups in total. The van der Waals surface area contributed by atoms with Crippen LogP contribution in [0.15, 0.2) is 51.0 Å². The number of hydrogen-bond donors (Lipinski definition) is 5. The SMILES string of the molecule is CCC(C)(C)C(=O)OCCNC(=O)OCCSC(C)C(=O)NC1=NC(=Cc2[nH]c(NC(=O)CCCSc3cccc(C(=O)O)c3)c(C(=O)OC3C(C(C)(C)C)CC(C)CC3C(C)(C)C)c2C(C)C)C(C(C)C)=C1C(=O)OC1C(C(C)(C)C)CC(C)CC1C(C)(C)C. The van der Waals surface area contributed by atoms with Crippen LogP contribution in [0.3, 0.4) is 0 Å². The maximum atomic E-state index is 15.6. The summed E-state index contributed by atoms with van der Waals surface area (Å²) in [5.74, 6) is -2.18. The van der Waals surface area contributed by atoms with Crippen LogP contribution in [0.25, 0.3) is 6.08 Å². The van der Waals surface area contributed by atoms with Gasteiger partial charge in [0.2, 0.25) is 11.8 Å². The number of aromatic nitrogens is 1. The number of aromatic amines is 1. The Kier molecular flexibility index (Phi) is 26.4. The Bertz CT molecular complexity index is 2970. The molecular weight excluding hydrogens is 1190 g/mol. The first kappa shape index (κ1) is 76.2. The van der Waals surface area contributed by atoms with Gasteiger partial charge < -0.3 is 45.0 Å². The minimum absolute atomic E-state index is 0.00617. The lowest BCUT2D eigenvalue weighted by Gasteiger charge is -2.50. The highest BCUT2D eigenvalue weighted by Gasteiger charge is 2.51. The van der Waals surface area contributed by atoms with E-state index >= 15 is 9.59 Å². The highest BCUT2D eigenvalue weighted by atomic mass is 32.2. The third kappa shape index (κ3) is 20.7. The lowest BCUT2D eigenvalue weighted by atomic mass is 9.59. The standard InChI is InChI=1S/C72H111N5O12S2/c1-23-72(21,22)66(84)86-30-29-73-67(85)87-31-33-90-44(8)62(79)77-61-57(65(83)89-59-49(70(15,16)17)36-43(7)37-50(59)71(18,19)20)55(41(4)5)52(75-61)39-51-54(40(2)3)56(64(82)88-58-47(68(9,10)11)34-42(6)35-48(58)69(12,13)14)60(74-51)76-53(78)28-25-32-91-46-27-24-26-45(38-46)63(80)81/h24,26-27,38-44,47-50,58-59,74H,23,25,28-37H2,1-22H3,(H,73,85)(H,76,78)(H,80,81)(H,75,77,79). The molecule has 2 aromatic rings. The molecule has 508 valence electrons.